The third-order valence-electron chi connectivity index (χ3n) is 5.55. The zero-order valence-corrected chi connectivity index (χ0v) is 21.5. The summed E-state index contributed by atoms with van der Waals surface area (Å²) in [5, 5.41) is 9.13. The van der Waals surface area contributed by atoms with E-state index in [-0.39, 0.29) is 24.3 Å². The second-order valence-corrected chi connectivity index (χ2v) is 9.80. The summed E-state index contributed by atoms with van der Waals surface area (Å²) in [5.74, 6) is 0.336. The van der Waals surface area contributed by atoms with Crippen molar-refractivity contribution in [3.05, 3.63) is 81.5 Å². The van der Waals surface area contributed by atoms with Gasteiger partial charge >= 0.3 is 0 Å². The van der Waals surface area contributed by atoms with Crippen LogP contribution < -0.4 is 15.4 Å². The van der Waals surface area contributed by atoms with Crippen LogP contribution in [0, 0.1) is 0 Å². The highest BCUT2D eigenvalue weighted by atomic mass is 35.5. The van der Waals surface area contributed by atoms with E-state index in [0.29, 0.717) is 27.7 Å². The Morgan fingerprint density at radius 2 is 1.94 bits per heavy atom. The molecule has 2 N–H and O–H groups in total. The Labute approximate surface area is 214 Å². The van der Waals surface area contributed by atoms with E-state index in [0.717, 1.165) is 16.4 Å². The van der Waals surface area contributed by atoms with E-state index >= 15 is 0 Å². The summed E-state index contributed by atoms with van der Waals surface area (Å²) in [4.78, 5) is 32.9. The molecule has 0 spiro atoms. The van der Waals surface area contributed by atoms with Gasteiger partial charge in [-0.3, -0.25) is 9.59 Å². The number of thioether (sulfide) groups is 1. The van der Waals surface area contributed by atoms with Gasteiger partial charge in [-0.25, -0.2) is 4.99 Å². The van der Waals surface area contributed by atoms with Gasteiger partial charge in [0.1, 0.15) is 5.75 Å². The fraction of sp³-hybridized carbons (Fsp3) is 0.269. The molecule has 2 aliphatic heterocycles. The second kappa shape index (κ2) is 10.6. The van der Waals surface area contributed by atoms with Crippen LogP contribution in [0.2, 0.25) is 5.02 Å². The number of anilines is 1. The number of ether oxygens (including phenoxy) is 1. The van der Waals surface area contributed by atoms with Crippen LogP contribution in [0.4, 0.5) is 5.69 Å². The number of carbonyl (C=O) groups is 2. The summed E-state index contributed by atoms with van der Waals surface area (Å²) in [6.07, 6.45) is 0.174. The largest absolute Gasteiger partial charge is 0.497 e. The number of methoxy groups -OCH3 is 1. The lowest BCUT2D eigenvalue weighted by Crippen LogP contribution is -2.39. The minimum atomic E-state index is -0.493. The molecule has 35 heavy (non-hydrogen) atoms. The molecule has 0 unspecified atom stereocenters. The van der Waals surface area contributed by atoms with Gasteiger partial charge in [0.15, 0.2) is 5.17 Å². The normalized spacial score (nSPS) is 17.1. The molecule has 7 nitrogen and oxygen atoms in total. The molecule has 0 aromatic heterocycles. The Hall–Kier alpha value is -3.23. The van der Waals surface area contributed by atoms with Crippen LogP contribution >= 0.6 is 23.4 Å². The zero-order valence-electron chi connectivity index (χ0n) is 20.0. The number of hydrogen-bond acceptors (Lipinski definition) is 6. The summed E-state index contributed by atoms with van der Waals surface area (Å²) in [6, 6.07) is 14.1. The standard InChI is InChI=1S/C26H27ClN4O3S/c1-15(2)28-22(32)13-20-14-35-26-29-16(3)23(24(31(20)26)17-6-5-7-18(27)12-17)25(33)30-19-8-10-21(34-4)11-9-19/h5-12,14-15,24H,13H2,1-4H3,(H,28,32)(H,30,33)/t24-/m0/s1. The van der Waals surface area contributed by atoms with Crippen molar-refractivity contribution in [3.63, 3.8) is 0 Å². The summed E-state index contributed by atoms with van der Waals surface area (Å²) >= 11 is 7.79. The molecule has 2 heterocycles. The molecule has 0 saturated heterocycles. The number of benzene rings is 2. The van der Waals surface area contributed by atoms with E-state index in [1.165, 1.54) is 11.8 Å². The van der Waals surface area contributed by atoms with E-state index in [1.54, 1.807) is 37.4 Å². The molecule has 2 amide bonds. The Morgan fingerprint density at radius 3 is 2.60 bits per heavy atom. The average Bonchev–Trinajstić information content (AvgIpc) is 3.19. The number of rotatable bonds is 7. The van der Waals surface area contributed by atoms with Crippen molar-refractivity contribution in [2.75, 3.05) is 12.4 Å². The fourth-order valence-corrected chi connectivity index (χ4v) is 5.23. The second-order valence-electron chi connectivity index (χ2n) is 8.53. The minimum absolute atomic E-state index is 0.0309. The minimum Gasteiger partial charge on any atom is -0.497 e. The van der Waals surface area contributed by atoms with Gasteiger partial charge in [-0.1, -0.05) is 35.5 Å². The lowest BCUT2D eigenvalue weighted by Gasteiger charge is -2.36. The Morgan fingerprint density at radius 1 is 1.20 bits per heavy atom. The van der Waals surface area contributed by atoms with Crippen molar-refractivity contribution in [1.29, 1.82) is 0 Å². The number of amidine groups is 1. The third-order valence-corrected chi connectivity index (χ3v) is 6.67. The molecule has 2 aromatic carbocycles. The molecule has 182 valence electrons. The third kappa shape index (κ3) is 5.55. The molecule has 4 rings (SSSR count). The molecule has 0 radical (unpaired) electrons. The lowest BCUT2D eigenvalue weighted by molar-refractivity contribution is -0.121. The number of halogens is 1. The molecule has 2 aliphatic rings. The van der Waals surface area contributed by atoms with Crippen molar-refractivity contribution in [2.45, 2.75) is 39.3 Å². The quantitative estimate of drug-likeness (QED) is 0.515. The molecule has 1 atom stereocenters. The topological polar surface area (TPSA) is 83.0 Å². The van der Waals surface area contributed by atoms with Gasteiger partial charge in [-0.05, 0) is 68.1 Å². The first-order valence-corrected chi connectivity index (χ1v) is 12.5. The van der Waals surface area contributed by atoms with Gasteiger partial charge in [0.2, 0.25) is 5.91 Å². The van der Waals surface area contributed by atoms with Crippen LogP contribution in [0.5, 0.6) is 5.75 Å². The summed E-state index contributed by atoms with van der Waals surface area (Å²) in [6.45, 7) is 5.67. The maximum atomic E-state index is 13.6. The van der Waals surface area contributed by atoms with Crippen LogP contribution in [0.25, 0.3) is 0 Å². The predicted octanol–water partition coefficient (Wildman–Crippen LogP) is 5.48. The number of nitrogens with one attached hydrogen (secondary N) is 2. The zero-order chi connectivity index (χ0) is 25.1. The average molecular weight is 511 g/mol. The Kier molecular flexibility index (Phi) is 7.52. The molecule has 9 heteroatoms. The SMILES string of the molecule is COc1ccc(NC(=O)C2=C(C)N=C3SC=C(CC(=O)NC(C)C)N3[C@H]2c2cccc(Cl)c2)cc1. The fourth-order valence-electron chi connectivity index (χ4n) is 4.06. The Balaban J connectivity index is 1.71. The highest BCUT2D eigenvalue weighted by Crippen LogP contribution is 2.45. The van der Waals surface area contributed by atoms with Crippen molar-refractivity contribution in [1.82, 2.24) is 10.2 Å². The van der Waals surface area contributed by atoms with Crippen molar-refractivity contribution < 1.29 is 14.3 Å². The first-order valence-electron chi connectivity index (χ1n) is 11.2. The highest BCUT2D eigenvalue weighted by Gasteiger charge is 2.40. The number of allylic oxidation sites excluding steroid dienone is 1. The van der Waals surface area contributed by atoms with E-state index < -0.39 is 6.04 Å². The van der Waals surface area contributed by atoms with E-state index in [1.807, 2.05) is 49.3 Å². The first kappa shape index (κ1) is 24.9. The van der Waals surface area contributed by atoms with Gasteiger partial charge in [0.25, 0.3) is 5.91 Å². The van der Waals surface area contributed by atoms with Crippen molar-refractivity contribution >= 4 is 46.0 Å². The van der Waals surface area contributed by atoms with Gasteiger partial charge in [0.05, 0.1) is 30.8 Å². The molecular weight excluding hydrogens is 484 g/mol. The molecule has 0 fully saturated rings. The number of aliphatic imine (C=N–C) groups is 1. The summed E-state index contributed by atoms with van der Waals surface area (Å²) in [7, 11) is 1.59. The van der Waals surface area contributed by atoms with E-state index in [9.17, 15) is 9.59 Å². The van der Waals surface area contributed by atoms with Crippen LogP contribution in [-0.4, -0.2) is 35.0 Å². The van der Waals surface area contributed by atoms with Crippen LogP contribution in [0.1, 0.15) is 38.8 Å². The first-order chi connectivity index (χ1) is 16.8. The monoisotopic (exact) mass is 510 g/mol. The number of fused-ring (bicyclic) bond motifs is 1. The van der Waals surface area contributed by atoms with Crippen LogP contribution in [0.15, 0.2) is 75.9 Å². The van der Waals surface area contributed by atoms with Crippen LogP contribution in [-0.2, 0) is 9.59 Å². The summed E-state index contributed by atoms with van der Waals surface area (Å²) in [5.41, 5.74) is 3.35. The lowest BCUT2D eigenvalue weighted by atomic mass is 9.93. The Bertz CT molecular complexity index is 1240. The number of amides is 2. The smallest absolute Gasteiger partial charge is 0.255 e. The molecule has 0 saturated carbocycles. The van der Waals surface area contributed by atoms with Gasteiger partial charge < -0.3 is 20.3 Å². The maximum absolute atomic E-state index is 13.6. The van der Waals surface area contributed by atoms with E-state index in [4.69, 9.17) is 21.3 Å². The van der Waals surface area contributed by atoms with Crippen molar-refractivity contribution in [3.8, 4) is 5.75 Å². The number of hydrogen-bond donors (Lipinski definition) is 2. The summed E-state index contributed by atoms with van der Waals surface area (Å²) < 4.78 is 5.21. The molecule has 0 bridgehead atoms. The predicted molar refractivity (Wildman–Crippen MR) is 141 cm³/mol. The highest BCUT2D eigenvalue weighted by molar-refractivity contribution is 8.16. The molecule has 2 aromatic rings. The van der Waals surface area contributed by atoms with Crippen molar-refractivity contribution in [2.24, 2.45) is 4.99 Å². The van der Waals surface area contributed by atoms with Gasteiger partial charge in [-0.15, -0.1) is 0 Å². The van der Waals surface area contributed by atoms with Crippen LogP contribution in [0.3, 0.4) is 0 Å². The number of nitrogens with zero attached hydrogens (tertiary/aromatic N) is 2. The van der Waals surface area contributed by atoms with Gasteiger partial charge in [0, 0.05) is 22.4 Å². The molecular formula is C26H27ClN4O3S. The maximum Gasteiger partial charge on any atom is 0.255 e. The van der Waals surface area contributed by atoms with Gasteiger partial charge in [-0.2, -0.15) is 0 Å². The van der Waals surface area contributed by atoms with E-state index in [2.05, 4.69) is 10.6 Å². The number of carbonyl (C=O) groups excluding carboxylic acids is 2. The molecule has 0 aliphatic carbocycles.